The molecule has 0 unspecified atom stereocenters. The highest BCUT2D eigenvalue weighted by Crippen LogP contribution is 2.38. The lowest BCUT2D eigenvalue weighted by molar-refractivity contribution is -0.140. The third-order valence-electron chi connectivity index (χ3n) is 3.76. The fourth-order valence-electron chi connectivity index (χ4n) is 2.61. The number of carboxylic acid groups (broad SMARTS) is 1. The molecule has 0 aliphatic carbocycles. The topological polar surface area (TPSA) is 49.3 Å². The van der Waals surface area contributed by atoms with E-state index in [0.717, 1.165) is 5.56 Å². The second-order valence-electron chi connectivity index (χ2n) is 5.67. The van der Waals surface area contributed by atoms with Crippen LogP contribution in [0.25, 0.3) is 0 Å². The maximum Gasteiger partial charge on any atom is 0.419 e. The second kappa shape index (κ2) is 7.13. The Hall–Kier alpha value is -2.57. The number of carboxylic acids is 1. The minimum atomic E-state index is -4.82. The summed E-state index contributed by atoms with van der Waals surface area (Å²) in [5.41, 5.74) is -0.374. The summed E-state index contributed by atoms with van der Waals surface area (Å²) in [5, 5.41) is 11.6. The fraction of sp³-hybridized carbons (Fsp3) is 0.278. The summed E-state index contributed by atoms with van der Waals surface area (Å²) in [5.74, 6) is -2.49. The Bertz CT molecular complexity index is 800. The van der Waals surface area contributed by atoms with Gasteiger partial charge < -0.3 is 10.4 Å². The molecule has 2 aromatic rings. The molecule has 2 rings (SSSR count). The van der Waals surface area contributed by atoms with E-state index in [4.69, 9.17) is 5.11 Å². The maximum absolute atomic E-state index is 14.5. The molecule has 0 aromatic heterocycles. The van der Waals surface area contributed by atoms with Gasteiger partial charge in [0.15, 0.2) is 5.82 Å². The summed E-state index contributed by atoms with van der Waals surface area (Å²) in [7, 11) is 0. The molecule has 0 saturated heterocycles. The van der Waals surface area contributed by atoms with Crippen molar-refractivity contribution in [1.82, 2.24) is 0 Å². The van der Waals surface area contributed by atoms with Crippen molar-refractivity contribution in [3.63, 3.8) is 0 Å². The molecule has 0 fully saturated rings. The number of hydrogen-bond acceptors (Lipinski definition) is 2. The van der Waals surface area contributed by atoms with Crippen LogP contribution in [0.1, 0.15) is 29.2 Å². The molecular formula is C18H17F4NO2. The Morgan fingerprint density at radius 2 is 1.76 bits per heavy atom. The van der Waals surface area contributed by atoms with Crippen molar-refractivity contribution >= 4 is 17.3 Å². The van der Waals surface area contributed by atoms with Gasteiger partial charge >= 0.3 is 12.1 Å². The predicted octanol–water partition coefficient (Wildman–Crippen LogP) is 5.09. The van der Waals surface area contributed by atoms with E-state index in [2.05, 4.69) is 5.32 Å². The standard InChI is InChI=1S/C18H17F4NO2/c1-3-11-5-7-14(17(19)16(11)18(20,21)22)23-13-6-4-10(2)8-12(13)9-15(24)25/h4-8,23H,3,9H2,1-2H3,(H,24,25). The summed E-state index contributed by atoms with van der Waals surface area (Å²) in [4.78, 5) is 11.0. The fourth-order valence-corrected chi connectivity index (χ4v) is 2.61. The number of halogens is 4. The van der Waals surface area contributed by atoms with E-state index >= 15 is 0 Å². The van der Waals surface area contributed by atoms with Crippen LogP contribution in [0.3, 0.4) is 0 Å². The molecule has 0 radical (unpaired) electrons. The molecule has 0 saturated carbocycles. The Morgan fingerprint density at radius 1 is 1.12 bits per heavy atom. The number of benzene rings is 2. The van der Waals surface area contributed by atoms with Crippen LogP contribution < -0.4 is 5.32 Å². The molecular weight excluding hydrogens is 338 g/mol. The van der Waals surface area contributed by atoms with Crippen LogP contribution in [0.2, 0.25) is 0 Å². The first kappa shape index (κ1) is 18.8. The molecule has 0 spiro atoms. The van der Waals surface area contributed by atoms with Gasteiger partial charge in [0.1, 0.15) is 0 Å². The summed E-state index contributed by atoms with van der Waals surface area (Å²) in [6.45, 7) is 3.27. The minimum Gasteiger partial charge on any atom is -0.481 e. The molecule has 7 heteroatoms. The monoisotopic (exact) mass is 355 g/mol. The predicted molar refractivity (Wildman–Crippen MR) is 86.6 cm³/mol. The SMILES string of the molecule is CCc1ccc(Nc2ccc(C)cc2CC(=O)O)c(F)c1C(F)(F)F. The Morgan fingerprint density at radius 3 is 2.32 bits per heavy atom. The number of rotatable bonds is 5. The lowest BCUT2D eigenvalue weighted by atomic mass is 10.0. The molecule has 0 bridgehead atoms. The quantitative estimate of drug-likeness (QED) is 0.735. The van der Waals surface area contributed by atoms with Gasteiger partial charge in [0, 0.05) is 5.69 Å². The highest BCUT2D eigenvalue weighted by molar-refractivity contribution is 5.75. The highest BCUT2D eigenvalue weighted by atomic mass is 19.4. The van der Waals surface area contributed by atoms with Gasteiger partial charge in [-0.1, -0.05) is 30.7 Å². The van der Waals surface area contributed by atoms with Crippen molar-refractivity contribution in [2.75, 3.05) is 5.32 Å². The lowest BCUT2D eigenvalue weighted by Gasteiger charge is -2.18. The highest BCUT2D eigenvalue weighted by Gasteiger charge is 2.37. The number of hydrogen-bond donors (Lipinski definition) is 2. The third-order valence-corrected chi connectivity index (χ3v) is 3.76. The first-order valence-corrected chi connectivity index (χ1v) is 7.60. The summed E-state index contributed by atoms with van der Waals surface area (Å²) >= 11 is 0. The zero-order valence-corrected chi connectivity index (χ0v) is 13.7. The molecule has 25 heavy (non-hydrogen) atoms. The van der Waals surface area contributed by atoms with Gasteiger partial charge in [0.05, 0.1) is 17.7 Å². The second-order valence-corrected chi connectivity index (χ2v) is 5.67. The first-order chi connectivity index (χ1) is 11.6. The lowest BCUT2D eigenvalue weighted by Crippen LogP contribution is -2.14. The molecule has 0 aliphatic heterocycles. The van der Waals surface area contributed by atoms with E-state index in [0.29, 0.717) is 5.56 Å². The summed E-state index contributed by atoms with van der Waals surface area (Å²) in [6.07, 6.45) is -5.10. The van der Waals surface area contributed by atoms with Crippen LogP contribution in [0.4, 0.5) is 28.9 Å². The number of aliphatic carboxylic acids is 1. The Labute approximate surface area is 142 Å². The zero-order valence-electron chi connectivity index (χ0n) is 13.7. The van der Waals surface area contributed by atoms with Crippen LogP contribution in [0.5, 0.6) is 0 Å². The Kier molecular flexibility index (Phi) is 5.35. The van der Waals surface area contributed by atoms with Gasteiger partial charge in [0.2, 0.25) is 0 Å². The van der Waals surface area contributed by atoms with Crippen molar-refractivity contribution in [2.45, 2.75) is 32.9 Å². The van der Waals surface area contributed by atoms with Gasteiger partial charge in [-0.15, -0.1) is 0 Å². The van der Waals surface area contributed by atoms with Crippen molar-refractivity contribution < 1.29 is 27.5 Å². The summed E-state index contributed by atoms with van der Waals surface area (Å²) < 4.78 is 54.0. The van der Waals surface area contributed by atoms with Gasteiger partial charge in [-0.3, -0.25) is 4.79 Å². The summed E-state index contributed by atoms with van der Waals surface area (Å²) in [6, 6.07) is 7.23. The number of alkyl halides is 3. The number of carbonyl (C=O) groups is 1. The molecule has 0 amide bonds. The number of nitrogens with one attached hydrogen (secondary N) is 1. The number of aryl methyl sites for hydroxylation is 2. The van der Waals surface area contributed by atoms with E-state index in [1.165, 1.54) is 25.1 Å². The van der Waals surface area contributed by atoms with E-state index in [1.807, 2.05) is 0 Å². The zero-order chi connectivity index (χ0) is 18.8. The van der Waals surface area contributed by atoms with E-state index in [-0.39, 0.29) is 29.8 Å². The largest absolute Gasteiger partial charge is 0.481 e. The Balaban J connectivity index is 2.50. The van der Waals surface area contributed by atoms with Crippen molar-refractivity contribution in [3.05, 3.63) is 58.4 Å². The third kappa shape index (κ3) is 4.29. The van der Waals surface area contributed by atoms with Gasteiger partial charge in [-0.05, 0) is 36.6 Å². The molecule has 2 N–H and O–H groups in total. The van der Waals surface area contributed by atoms with Crippen LogP contribution >= 0.6 is 0 Å². The van der Waals surface area contributed by atoms with Crippen molar-refractivity contribution in [1.29, 1.82) is 0 Å². The molecule has 0 aliphatic rings. The maximum atomic E-state index is 14.5. The number of anilines is 2. The molecule has 2 aromatic carbocycles. The van der Waals surface area contributed by atoms with Crippen molar-refractivity contribution in [3.8, 4) is 0 Å². The van der Waals surface area contributed by atoms with Crippen molar-refractivity contribution in [2.24, 2.45) is 0 Å². The first-order valence-electron chi connectivity index (χ1n) is 7.60. The van der Waals surface area contributed by atoms with Crippen LogP contribution in [-0.4, -0.2) is 11.1 Å². The minimum absolute atomic E-state index is 0.0425. The molecule has 134 valence electrons. The van der Waals surface area contributed by atoms with E-state index in [9.17, 15) is 22.4 Å². The van der Waals surface area contributed by atoms with Crippen LogP contribution in [-0.2, 0) is 23.8 Å². The van der Waals surface area contributed by atoms with E-state index in [1.54, 1.807) is 19.1 Å². The molecule has 0 heterocycles. The van der Waals surface area contributed by atoms with Gasteiger partial charge in [-0.2, -0.15) is 13.2 Å². The average Bonchev–Trinajstić information content (AvgIpc) is 2.49. The molecule has 3 nitrogen and oxygen atoms in total. The van der Waals surface area contributed by atoms with Gasteiger partial charge in [0.25, 0.3) is 0 Å². The normalized spacial score (nSPS) is 11.4. The molecule has 0 atom stereocenters. The van der Waals surface area contributed by atoms with Crippen LogP contribution in [0.15, 0.2) is 30.3 Å². The smallest absolute Gasteiger partial charge is 0.419 e. The van der Waals surface area contributed by atoms with E-state index < -0.39 is 23.5 Å². The average molecular weight is 355 g/mol. The van der Waals surface area contributed by atoms with Gasteiger partial charge in [-0.25, -0.2) is 4.39 Å². The van der Waals surface area contributed by atoms with Crippen LogP contribution in [0, 0.1) is 12.7 Å².